The third-order valence-electron chi connectivity index (χ3n) is 3.04. The van der Waals surface area contributed by atoms with Crippen LogP contribution in [-0.4, -0.2) is 40.9 Å². The molecular formula is C16H16N2O5S. The molecule has 1 amide bonds. The largest absolute Gasteiger partial charge is 0.484 e. The first-order valence-electron chi connectivity index (χ1n) is 7.14. The molecule has 7 nitrogen and oxygen atoms in total. The average molecular weight is 348 g/mol. The van der Waals surface area contributed by atoms with Crippen LogP contribution in [0.1, 0.15) is 32.8 Å². The normalized spacial score (nSPS) is 10.2. The summed E-state index contributed by atoms with van der Waals surface area (Å²) in [4.78, 5) is 37.7. The highest BCUT2D eigenvalue weighted by atomic mass is 32.1. The molecule has 0 fully saturated rings. The van der Waals surface area contributed by atoms with Crippen molar-refractivity contribution in [2.45, 2.75) is 13.3 Å². The van der Waals surface area contributed by atoms with Crippen LogP contribution >= 0.6 is 11.3 Å². The molecular weight excluding hydrogens is 332 g/mol. The van der Waals surface area contributed by atoms with Gasteiger partial charge in [-0.2, -0.15) is 0 Å². The Balaban J connectivity index is 1.74. The van der Waals surface area contributed by atoms with E-state index < -0.39 is 5.97 Å². The average Bonchev–Trinajstić information content (AvgIpc) is 3.02. The number of aromatic carboxylic acids is 1. The molecule has 8 heteroatoms. The predicted octanol–water partition coefficient (Wildman–Crippen LogP) is 1.78. The lowest BCUT2D eigenvalue weighted by molar-refractivity contribution is -0.123. The number of hydrogen-bond acceptors (Lipinski definition) is 6. The summed E-state index contributed by atoms with van der Waals surface area (Å²) in [5.74, 6) is -1.00. The van der Waals surface area contributed by atoms with Crippen molar-refractivity contribution in [2.75, 3.05) is 13.2 Å². The molecule has 0 bridgehead atoms. The molecule has 0 unspecified atom stereocenters. The molecule has 0 aliphatic carbocycles. The Bertz CT molecular complexity index is 756. The Morgan fingerprint density at radius 2 is 2.12 bits per heavy atom. The lowest BCUT2D eigenvalue weighted by Gasteiger charge is -2.07. The smallest absolute Gasteiger partial charge is 0.355 e. The predicted molar refractivity (Wildman–Crippen MR) is 87.7 cm³/mol. The van der Waals surface area contributed by atoms with Crippen molar-refractivity contribution in [2.24, 2.45) is 0 Å². The van der Waals surface area contributed by atoms with Crippen molar-refractivity contribution in [3.8, 4) is 5.75 Å². The number of amides is 1. The van der Waals surface area contributed by atoms with Crippen molar-refractivity contribution in [1.82, 2.24) is 10.3 Å². The highest BCUT2D eigenvalue weighted by Gasteiger charge is 2.09. The van der Waals surface area contributed by atoms with Crippen LogP contribution in [0, 0.1) is 0 Å². The molecule has 2 aromatic rings. The van der Waals surface area contributed by atoms with Gasteiger partial charge in [-0.1, -0.05) is 12.1 Å². The summed E-state index contributed by atoms with van der Waals surface area (Å²) in [6.07, 6.45) is 0.448. The minimum absolute atomic E-state index is 0.00927. The number of nitrogens with one attached hydrogen (secondary N) is 1. The van der Waals surface area contributed by atoms with E-state index in [4.69, 9.17) is 9.84 Å². The fraction of sp³-hybridized carbons (Fsp3) is 0.250. The molecule has 1 aromatic heterocycles. The van der Waals surface area contributed by atoms with Crippen LogP contribution < -0.4 is 10.1 Å². The molecule has 0 aliphatic heterocycles. The fourth-order valence-corrected chi connectivity index (χ4v) is 2.61. The van der Waals surface area contributed by atoms with Crippen molar-refractivity contribution in [3.63, 3.8) is 0 Å². The molecule has 2 N–H and O–H groups in total. The maximum Gasteiger partial charge on any atom is 0.355 e. The van der Waals surface area contributed by atoms with E-state index in [2.05, 4.69) is 10.3 Å². The fourth-order valence-electron chi connectivity index (χ4n) is 1.84. The number of carboxylic acid groups (broad SMARTS) is 1. The number of carbonyl (C=O) groups excluding carboxylic acids is 2. The van der Waals surface area contributed by atoms with Crippen molar-refractivity contribution >= 4 is 29.0 Å². The number of rotatable bonds is 8. The first kappa shape index (κ1) is 17.6. The second kappa shape index (κ2) is 8.21. The van der Waals surface area contributed by atoms with Crippen molar-refractivity contribution in [1.29, 1.82) is 0 Å². The van der Waals surface area contributed by atoms with Gasteiger partial charge in [0.15, 0.2) is 18.1 Å². The first-order valence-corrected chi connectivity index (χ1v) is 8.02. The number of benzene rings is 1. The number of thiazole rings is 1. The van der Waals surface area contributed by atoms with E-state index in [1.807, 2.05) is 0 Å². The van der Waals surface area contributed by atoms with Gasteiger partial charge in [0.1, 0.15) is 5.75 Å². The number of ketones is 1. The molecule has 1 aromatic carbocycles. The SMILES string of the molecule is CC(=O)c1cccc(OCC(=O)NCCc2nc(C(=O)O)cs2)c1. The van der Waals surface area contributed by atoms with Crippen LogP contribution in [0.2, 0.25) is 0 Å². The Labute approximate surface area is 142 Å². The van der Waals surface area contributed by atoms with Crippen LogP contribution in [0.5, 0.6) is 5.75 Å². The van der Waals surface area contributed by atoms with Gasteiger partial charge in [0.25, 0.3) is 5.91 Å². The summed E-state index contributed by atoms with van der Waals surface area (Å²) < 4.78 is 5.34. The van der Waals surface area contributed by atoms with Crippen molar-refractivity contribution < 1.29 is 24.2 Å². The highest BCUT2D eigenvalue weighted by Crippen LogP contribution is 2.13. The molecule has 0 aliphatic rings. The molecule has 0 radical (unpaired) electrons. The molecule has 0 saturated heterocycles. The Morgan fingerprint density at radius 3 is 2.79 bits per heavy atom. The number of ether oxygens (including phenoxy) is 1. The van der Waals surface area contributed by atoms with Crippen LogP contribution in [0.15, 0.2) is 29.6 Å². The standard InChI is InChI=1S/C16H16N2O5S/c1-10(19)11-3-2-4-12(7-11)23-8-14(20)17-6-5-15-18-13(9-24-15)16(21)22/h2-4,7,9H,5-6,8H2,1H3,(H,17,20)(H,21,22). The molecule has 0 atom stereocenters. The van der Waals surface area contributed by atoms with Gasteiger partial charge in [-0.15, -0.1) is 11.3 Å². The quantitative estimate of drug-likeness (QED) is 0.705. The first-order chi connectivity index (χ1) is 11.5. The summed E-state index contributed by atoms with van der Waals surface area (Å²) in [7, 11) is 0. The molecule has 0 saturated carbocycles. The van der Waals surface area contributed by atoms with Gasteiger partial charge in [-0.25, -0.2) is 9.78 Å². The van der Waals surface area contributed by atoms with Crippen LogP contribution in [0.3, 0.4) is 0 Å². The zero-order valence-electron chi connectivity index (χ0n) is 12.9. The Morgan fingerprint density at radius 1 is 1.33 bits per heavy atom. The number of aromatic nitrogens is 1. The molecule has 126 valence electrons. The number of carbonyl (C=O) groups is 3. The van der Waals surface area contributed by atoms with Gasteiger partial charge in [-0.3, -0.25) is 9.59 Å². The Hall–Kier alpha value is -2.74. The van der Waals surface area contributed by atoms with Crippen molar-refractivity contribution in [3.05, 3.63) is 45.9 Å². The molecule has 2 rings (SSSR count). The van der Waals surface area contributed by atoms with Gasteiger partial charge in [0.05, 0.1) is 5.01 Å². The minimum atomic E-state index is -1.07. The summed E-state index contributed by atoms with van der Waals surface area (Å²) in [6, 6.07) is 6.61. The third-order valence-corrected chi connectivity index (χ3v) is 3.95. The van der Waals surface area contributed by atoms with E-state index >= 15 is 0 Å². The lowest BCUT2D eigenvalue weighted by atomic mass is 10.1. The summed E-state index contributed by atoms with van der Waals surface area (Å²) in [5.41, 5.74) is 0.529. The van der Waals surface area contributed by atoms with Gasteiger partial charge < -0.3 is 15.2 Å². The van der Waals surface area contributed by atoms with Crippen LogP contribution in [-0.2, 0) is 11.2 Å². The van der Waals surface area contributed by atoms with Crippen LogP contribution in [0.4, 0.5) is 0 Å². The lowest BCUT2D eigenvalue weighted by Crippen LogP contribution is -2.30. The number of hydrogen-bond donors (Lipinski definition) is 2. The van der Waals surface area contributed by atoms with Gasteiger partial charge >= 0.3 is 5.97 Å². The maximum absolute atomic E-state index is 11.7. The Kier molecular flexibility index (Phi) is 6.02. The monoisotopic (exact) mass is 348 g/mol. The highest BCUT2D eigenvalue weighted by molar-refractivity contribution is 7.09. The number of Topliss-reactive ketones (excluding diaryl/α,β-unsaturated/α-hetero) is 1. The van der Waals surface area contributed by atoms with E-state index in [0.717, 1.165) is 0 Å². The van der Waals surface area contributed by atoms with Gasteiger partial charge in [-0.05, 0) is 19.1 Å². The third kappa shape index (κ3) is 5.17. The topological polar surface area (TPSA) is 106 Å². The summed E-state index contributed by atoms with van der Waals surface area (Å²) >= 11 is 1.24. The maximum atomic E-state index is 11.7. The van der Waals surface area contributed by atoms with E-state index in [0.29, 0.717) is 29.3 Å². The zero-order chi connectivity index (χ0) is 17.5. The van der Waals surface area contributed by atoms with E-state index in [1.54, 1.807) is 24.3 Å². The summed E-state index contributed by atoms with van der Waals surface area (Å²) in [5, 5.41) is 13.6. The van der Waals surface area contributed by atoms with Gasteiger partial charge in [0, 0.05) is 23.9 Å². The zero-order valence-corrected chi connectivity index (χ0v) is 13.8. The number of carboxylic acids is 1. The van der Waals surface area contributed by atoms with Gasteiger partial charge in [0.2, 0.25) is 0 Å². The number of nitrogens with zero attached hydrogens (tertiary/aromatic N) is 1. The second-order valence-electron chi connectivity index (χ2n) is 4.90. The van der Waals surface area contributed by atoms with Crippen LogP contribution in [0.25, 0.3) is 0 Å². The molecule has 0 spiro atoms. The van der Waals surface area contributed by atoms with E-state index in [9.17, 15) is 14.4 Å². The van der Waals surface area contributed by atoms with E-state index in [1.165, 1.54) is 23.6 Å². The molecule has 24 heavy (non-hydrogen) atoms. The minimum Gasteiger partial charge on any atom is -0.484 e. The molecule has 1 heterocycles. The second-order valence-corrected chi connectivity index (χ2v) is 5.85. The van der Waals surface area contributed by atoms with E-state index in [-0.39, 0.29) is 24.0 Å². The summed E-state index contributed by atoms with van der Waals surface area (Å²) in [6.45, 7) is 1.63.